The number of hydrogen-bond donors (Lipinski definition) is 1. The minimum absolute atomic E-state index is 0. The van der Waals surface area contributed by atoms with E-state index in [-0.39, 0.29) is 30.3 Å². The molecule has 22 heavy (non-hydrogen) atoms. The predicted molar refractivity (Wildman–Crippen MR) is 92.2 cm³/mol. The van der Waals surface area contributed by atoms with Crippen LogP contribution in [0.4, 0.5) is 0 Å². The van der Waals surface area contributed by atoms with Gasteiger partial charge in [-0.1, -0.05) is 36.2 Å². The molecule has 1 aromatic rings. The van der Waals surface area contributed by atoms with Gasteiger partial charge >= 0.3 is 0 Å². The number of carbonyl (C=O) groups excluding carboxylic acids is 1. The van der Waals surface area contributed by atoms with E-state index in [1.807, 2.05) is 4.90 Å². The van der Waals surface area contributed by atoms with E-state index in [1.165, 1.54) is 0 Å². The van der Waals surface area contributed by atoms with E-state index in [1.54, 1.807) is 18.2 Å². The zero-order chi connectivity index (χ0) is 15.5. The van der Waals surface area contributed by atoms with Crippen molar-refractivity contribution in [3.8, 4) is 5.75 Å². The summed E-state index contributed by atoms with van der Waals surface area (Å²) in [4.78, 5) is 14.0. The zero-order valence-electron chi connectivity index (χ0n) is 12.5. The Morgan fingerprint density at radius 2 is 2.18 bits per heavy atom. The summed E-state index contributed by atoms with van der Waals surface area (Å²) in [7, 11) is 0. The highest BCUT2D eigenvalue weighted by Gasteiger charge is 2.34. The maximum atomic E-state index is 12.1. The molecular formula is C15H21Cl3N2O2. The van der Waals surface area contributed by atoms with Crippen LogP contribution in [0, 0.1) is 5.41 Å². The predicted octanol–water partition coefficient (Wildman–Crippen LogP) is 3.38. The number of ether oxygens (including phenoxy) is 1. The van der Waals surface area contributed by atoms with Crippen LogP contribution >= 0.6 is 35.6 Å². The van der Waals surface area contributed by atoms with Crippen molar-refractivity contribution in [1.29, 1.82) is 0 Å². The molecule has 1 aromatic carbocycles. The second-order valence-corrected chi connectivity index (χ2v) is 6.52. The first-order valence-corrected chi connectivity index (χ1v) is 7.75. The molecule has 2 rings (SSSR count). The van der Waals surface area contributed by atoms with Gasteiger partial charge in [0, 0.05) is 13.1 Å². The van der Waals surface area contributed by atoms with Crippen molar-refractivity contribution in [1.82, 2.24) is 4.90 Å². The van der Waals surface area contributed by atoms with Crippen LogP contribution in [0.2, 0.25) is 10.0 Å². The van der Waals surface area contributed by atoms with Gasteiger partial charge in [0.2, 0.25) is 5.91 Å². The average molecular weight is 368 g/mol. The SMILES string of the molecule is CC1(CN)CCN(C(=O)CCOc2cccc(Cl)c2Cl)C1.Cl. The van der Waals surface area contributed by atoms with E-state index in [9.17, 15) is 4.79 Å². The molecule has 124 valence electrons. The van der Waals surface area contributed by atoms with Crippen molar-refractivity contribution in [3.05, 3.63) is 28.2 Å². The van der Waals surface area contributed by atoms with Gasteiger partial charge in [0.15, 0.2) is 0 Å². The molecule has 4 nitrogen and oxygen atoms in total. The maximum absolute atomic E-state index is 12.1. The molecule has 1 saturated heterocycles. The monoisotopic (exact) mass is 366 g/mol. The van der Waals surface area contributed by atoms with Gasteiger partial charge in [-0.05, 0) is 30.5 Å². The first kappa shape index (κ1) is 19.4. The molecule has 1 aliphatic rings. The molecule has 0 radical (unpaired) electrons. The molecule has 2 N–H and O–H groups in total. The smallest absolute Gasteiger partial charge is 0.226 e. The third-order valence-corrected chi connectivity index (χ3v) is 4.69. The highest BCUT2D eigenvalue weighted by Crippen LogP contribution is 2.32. The first-order valence-electron chi connectivity index (χ1n) is 7.00. The van der Waals surface area contributed by atoms with E-state index in [0.717, 1.165) is 19.5 Å². The van der Waals surface area contributed by atoms with E-state index >= 15 is 0 Å². The molecule has 0 spiro atoms. The average Bonchev–Trinajstić information content (AvgIpc) is 2.87. The molecule has 1 heterocycles. The Kier molecular flexibility index (Phi) is 7.26. The van der Waals surface area contributed by atoms with Crippen LogP contribution in [0.3, 0.4) is 0 Å². The summed E-state index contributed by atoms with van der Waals surface area (Å²) in [6.45, 7) is 4.49. The minimum Gasteiger partial charge on any atom is -0.491 e. The van der Waals surface area contributed by atoms with Gasteiger partial charge in [0.1, 0.15) is 10.8 Å². The second-order valence-electron chi connectivity index (χ2n) is 5.73. The van der Waals surface area contributed by atoms with Gasteiger partial charge in [0.25, 0.3) is 0 Å². The fraction of sp³-hybridized carbons (Fsp3) is 0.533. The van der Waals surface area contributed by atoms with Crippen LogP contribution in [0.5, 0.6) is 5.75 Å². The summed E-state index contributed by atoms with van der Waals surface area (Å²) >= 11 is 11.9. The number of rotatable bonds is 5. The highest BCUT2D eigenvalue weighted by atomic mass is 35.5. The number of halogens is 3. The van der Waals surface area contributed by atoms with Crippen molar-refractivity contribution in [2.24, 2.45) is 11.1 Å². The first-order chi connectivity index (χ1) is 9.95. The minimum atomic E-state index is 0. The number of benzene rings is 1. The maximum Gasteiger partial charge on any atom is 0.226 e. The molecule has 0 aliphatic carbocycles. The fourth-order valence-electron chi connectivity index (χ4n) is 2.41. The van der Waals surface area contributed by atoms with Crippen LogP contribution < -0.4 is 10.5 Å². The molecule has 0 aromatic heterocycles. The summed E-state index contributed by atoms with van der Waals surface area (Å²) in [5, 5.41) is 0.822. The zero-order valence-corrected chi connectivity index (χ0v) is 14.8. The molecule has 1 unspecified atom stereocenters. The number of hydrogen-bond acceptors (Lipinski definition) is 3. The van der Waals surface area contributed by atoms with Crippen molar-refractivity contribution in [2.75, 3.05) is 26.2 Å². The summed E-state index contributed by atoms with van der Waals surface area (Å²) < 4.78 is 5.54. The lowest BCUT2D eigenvalue weighted by Crippen LogP contribution is -2.35. The summed E-state index contributed by atoms with van der Waals surface area (Å²) in [6.07, 6.45) is 1.28. The molecule has 7 heteroatoms. The molecule has 1 atom stereocenters. The lowest BCUT2D eigenvalue weighted by molar-refractivity contribution is -0.131. The molecule has 0 bridgehead atoms. The topological polar surface area (TPSA) is 55.6 Å². The lowest BCUT2D eigenvalue weighted by atomic mass is 9.90. The van der Waals surface area contributed by atoms with Crippen LogP contribution in [0.1, 0.15) is 19.8 Å². The standard InChI is InChI=1S/C15H20Cl2N2O2.ClH/c1-15(9-18)6-7-19(10-15)13(20)5-8-21-12-4-2-3-11(16)14(12)17;/h2-4H,5-10,18H2,1H3;1H. The van der Waals surface area contributed by atoms with E-state index in [2.05, 4.69) is 6.92 Å². The summed E-state index contributed by atoms with van der Waals surface area (Å²) in [6, 6.07) is 5.19. The van der Waals surface area contributed by atoms with Crippen molar-refractivity contribution < 1.29 is 9.53 Å². The van der Waals surface area contributed by atoms with Gasteiger partial charge in [-0.25, -0.2) is 0 Å². The Labute approximate surface area is 147 Å². The second kappa shape index (κ2) is 8.25. The number of carbonyl (C=O) groups is 1. The molecule has 1 fully saturated rings. The van der Waals surface area contributed by atoms with Gasteiger partial charge in [-0.3, -0.25) is 4.79 Å². The number of nitrogens with two attached hydrogens (primary N) is 1. The van der Waals surface area contributed by atoms with Gasteiger partial charge < -0.3 is 15.4 Å². The van der Waals surface area contributed by atoms with Crippen LogP contribution in [-0.2, 0) is 4.79 Å². The Balaban J connectivity index is 0.00000242. The molecule has 0 saturated carbocycles. The quantitative estimate of drug-likeness (QED) is 0.868. The van der Waals surface area contributed by atoms with Gasteiger partial charge in [-0.2, -0.15) is 0 Å². The largest absolute Gasteiger partial charge is 0.491 e. The van der Waals surface area contributed by atoms with Crippen molar-refractivity contribution in [3.63, 3.8) is 0 Å². The fourth-order valence-corrected chi connectivity index (χ4v) is 2.75. The van der Waals surface area contributed by atoms with Crippen molar-refractivity contribution >= 4 is 41.5 Å². The summed E-state index contributed by atoms with van der Waals surface area (Å²) in [5.41, 5.74) is 5.80. The van der Waals surface area contributed by atoms with Gasteiger partial charge in [-0.15, -0.1) is 12.4 Å². The van der Waals surface area contributed by atoms with Crippen LogP contribution in [0.15, 0.2) is 18.2 Å². The van der Waals surface area contributed by atoms with Crippen LogP contribution in [0.25, 0.3) is 0 Å². The van der Waals surface area contributed by atoms with Gasteiger partial charge in [0.05, 0.1) is 18.1 Å². The third kappa shape index (κ3) is 4.66. The molecular weight excluding hydrogens is 347 g/mol. The highest BCUT2D eigenvalue weighted by molar-refractivity contribution is 6.42. The van der Waals surface area contributed by atoms with E-state index in [0.29, 0.717) is 28.8 Å². The number of likely N-dealkylation sites (tertiary alicyclic amines) is 1. The normalized spacial score (nSPS) is 20.6. The Morgan fingerprint density at radius 3 is 2.82 bits per heavy atom. The number of nitrogens with zero attached hydrogens (tertiary/aromatic N) is 1. The Hall–Kier alpha value is -0.680. The third-order valence-electron chi connectivity index (χ3n) is 3.89. The Bertz CT molecular complexity index is 528. The van der Waals surface area contributed by atoms with Crippen LogP contribution in [-0.4, -0.2) is 37.0 Å². The van der Waals surface area contributed by atoms with E-state index < -0.39 is 0 Å². The summed E-state index contributed by atoms with van der Waals surface area (Å²) in [5.74, 6) is 0.593. The van der Waals surface area contributed by atoms with E-state index in [4.69, 9.17) is 33.7 Å². The Morgan fingerprint density at radius 1 is 1.45 bits per heavy atom. The molecule has 1 aliphatic heterocycles. The number of amides is 1. The van der Waals surface area contributed by atoms with Crippen molar-refractivity contribution in [2.45, 2.75) is 19.8 Å². The lowest BCUT2D eigenvalue weighted by Gasteiger charge is -2.22. The molecule has 1 amide bonds.